The van der Waals surface area contributed by atoms with Gasteiger partial charge < -0.3 is 9.84 Å². The molecule has 0 spiro atoms. The number of rotatable bonds is 2. The van der Waals surface area contributed by atoms with Crippen molar-refractivity contribution in [1.29, 1.82) is 0 Å². The van der Waals surface area contributed by atoms with Crippen LogP contribution >= 0.6 is 0 Å². The number of ether oxygens (including phenoxy) is 1. The molecule has 0 aromatic rings. The van der Waals surface area contributed by atoms with E-state index in [0.717, 1.165) is 19.3 Å². The van der Waals surface area contributed by atoms with E-state index in [1.165, 1.54) is 6.08 Å². The van der Waals surface area contributed by atoms with Crippen molar-refractivity contribution in [2.24, 2.45) is 0 Å². The standard InChI is InChI=1S/C11H16O3/c12-9-5-4-6-10(9)14-11(13)7-2-1-3-8-11/h4-5,10,13H,1-3,6-8H2/t10-/m1/s1. The van der Waals surface area contributed by atoms with E-state index in [0.29, 0.717) is 19.3 Å². The fourth-order valence-corrected chi connectivity index (χ4v) is 2.12. The monoisotopic (exact) mass is 196 g/mol. The quantitative estimate of drug-likeness (QED) is 0.682. The van der Waals surface area contributed by atoms with Crippen LogP contribution < -0.4 is 0 Å². The molecule has 0 aromatic carbocycles. The van der Waals surface area contributed by atoms with Crippen molar-refractivity contribution in [2.45, 2.75) is 50.4 Å². The molecule has 78 valence electrons. The zero-order valence-electron chi connectivity index (χ0n) is 8.24. The summed E-state index contributed by atoms with van der Waals surface area (Å²) in [4.78, 5) is 11.3. The van der Waals surface area contributed by atoms with Crippen molar-refractivity contribution in [1.82, 2.24) is 0 Å². The normalized spacial score (nSPS) is 30.9. The molecular formula is C11H16O3. The summed E-state index contributed by atoms with van der Waals surface area (Å²) in [6.45, 7) is 0. The number of hydrogen-bond acceptors (Lipinski definition) is 3. The van der Waals surface area contributed by atoms with Crippen LogP contribution in [0.5, 0.6) is 0 Å². The molecule has 2 rings (SSSR count). The van der Waals surface area contributed by atoms with Crippen LogP contribution in [0.25, 0.3) is 0 Å². The van der Waals surface area contributed by atoms with Gasteiger partial charge in [-0.15, -0.1) is 0 Å². The molecule has 0 unspecified atom stereocenters. The zero-order valence-corrected chi connectivity index (χ0v) is 8.24. The Kier molecular flexibility index (Phi) is 2.70. The maximum atomic E-state index is 11.3. The van der Waals surface area contributed by atoms with Crippen LogP contribution in [-0.2, 0) is 9.53 Å². The van der Waals surface area contributed by atoms with E-state index in [-0.39, 0.29) is 5.78 Å². The van der Waals surface area contributed by atoms with Gasteiger partial charge in [-0.25, -0.2) is 0 Å². The summed E-state index contributed by atoms with van der Waals surface area (Å²) >= 11 is 0. The van der Waals surface area contributed by atoms with E-state index in [9.17, 15) is 9.90 Å². The number of aliphatic hydroxyl groups is 1. The van der Waals surface area contributed by atoms with Crippen molar-refractivity contribution in [2.75, 3.05) is 0 Å². The van der Waals surface area contributed by atoms with Gasteiger partial charge in [0.05, 0.1) is 0 Å². The second kappa shape index (κ2) is 3.83. The zero-order chi connectivity index (χ0) is 10.0. The van der Waals surface area contributed by atoms with E-state index in [4.69, 9.17) is 4.74 Å². The first-order valence-electron chi connectivity index (χ1n) is 5.30. The minimum Gasteiger partial charge on any atom is -0.365 e. The van der Waals surface area contributed by atoms with Crippen molar-refractivity contribution < 1.29 is 14.6 Å². The molecule has 1 saturated carbocycles. The maximum Gasteiger partial charge on any atom is 0.184 e. The van der Waals surface area contributed by atoms with Gasteiger partial charge in [-0.1, -0.05) is 12.5 Å². The van der Waals surface area contributed by atoms with E-state index >= 15 is 0 Å². The molecule has 0 aromatic heterocycles. The van der Waals surface area contributed by atoms with Gasteiger partial charge in [-0.2, -0.15) is 0 Å². The number of carbonyl (C=O) groups is 1. The summed E-state index contributed by atoms with van der Waals surface area (Å²) in [6, 6.07) is 0. The van der Waals surface area contributed by atoms with E-state index < -0.39 is 11.9 Å². The summed E-state index contributed by atoms with van der Waals surface area (Å²) in [5.41, 5.74) is 0. The third kappa shape index (κ3) is 2.04. The predicted molar refractivity (Wildman–Crippen MR) is 51.7 cm³/mol. The van der Waals surface area contributed by atoms with Gasteiger partial charge in [-0.05, 0) is 25.3 Å². The van der Waals surface area contributed by atoms with Crippen molar-refractivity contribution in [3.8, 4) is 0 Å². The van der Waals surface area contributed by atoms with E-state index in [2.05, 4.69) is 0 Å². The Morgan fingerprint density at radius 3 is 2.64 bits per heavy atom. The molecular weight excluding hydrogens is 180 g/mol. The lowest BCUT2D eigenvalue weighted by atomic mass is 9.94. The highest BCUT2D eigenvalue weighted by molar-refractivity contribution is 5.95. The minimum absolute atomic E-state index is 0.0102. The van der Waals surface area contributed by atoms with Crippen molar-refractivity contribution >= 4 is 5.78 Å². The summed E-state index contributed by atoms with van der Waals surface area (Å²) in [5, 5.41) is 10.0. The lowest BCUT2D eigenvalue weighted by Gasteiger charge is -2.33. The van der Waals surface area contributed by atoms with Crippen LogP contribution in [0.3, 0.4) is 0 Å². The SMILES string of the molecule is O=C1C=CC[C@H]1OC1(O)CCCCC1. The molecule has 0 aliphatic heterocycles. The fourth-order valence-electron chi connectivity index (χ4n) is 2.12. The van der Waals surface area contributed by atoms with Gasteiger partial charge in [0.1, 0.15) is 6.10 Å². The third-order valence-electron chi connectivity index (χ3n) is 2.95. The highest BCUT2D eigenvalue weighted by Crippen LogP contribution is 2.31. The summed E-state index contributed by atoms with van der Waals surface area (Å²) < 4.78 is 5.50. The third-order valence-corrected chi connectivity index (χ3v) is 2.95. The van der Waals surface area contributed by atoms with Crippen LogP contribution in [0.4, 0.5) is 0 Å². The molecule has 0 saturated heterocycles. The molecule has 0 heterocycles. The van der Waals surface area contributed by atoms with E-state index in [1.54, 1.807) is 6.08 Å². The van der Waals surface area contributed by atoms with Gasteiger partial charge >= 0.3 is 0 Å². The Bertz CT molecular complexity index is 251. The summed E-state index contributed by atoms with van der Waals surface area (Å²) in [6.07, 6.45) is 7.99. The minimum atomic E-state index is -1.04. The Balaban J connectivity index is 1.92. The first kappa shape index (κ1) is 9.87. The first-order chi connectivity index (χ1) is 6.70. The number of ketones is 1. The Morgan fingerprint density at radius 1 is 1.36 bits per heavy atom. The second-order valence-corrected chi connectivity index (χ2v) is 4.15. The highest BCUT2D eigenvalue weighted by atomic mass is 16.6. The molecule has 14 heavy (non-hydrogen) atoms. The summed E-state index contributed by atoms with van der Waals surface area (Å²) in [5.74, 6) is -1.05. The van der Waals surface area contributed by atoms with Gasteiger partial charge in [0.25, 0.3) is 0 Å². The topological polar surface area (TPSA) is 46.5 Å². The first-order valence-corrected chi connectivity index (χ1v) is 5.30. The van der Waals surface area contributed by atoms with Crippen molar-refractivity contribution in [3.63, 3.8) is 0 Å². The molecule has 2 aliphatic rings. The molecule has 3 nitrogen and oxygen atoms in total. The Hall–Kier alpha value is -0.670. The van der Waals surface area contributed by atoms with Crippen molar-refractivity contribution in [3.05, 3.63) is 12.2 Å². The molecule has 2 aliphatic carbocycles. The van der Waals surface area contributed by atoms with Gasteiger partial charge in [-0.3, -0.25) is 4.79 Å². The molecule has 1 N–H and O–H groups in total. The highest BCUT2D eigenvalue weighted by Gasteiger charge is 2.35. The molecule has 1 atom stereocenters. The van der Waals surface area contributed by atoms with Gasteiger partial charge in [0.15, 0.2) is 11.6 Å². The number of hydrogen-bond donors (Lipinski definition) is 1. The maximum absolute atomic E-state index is 11.3. The molecule has 1 fully saturated rings. The second-order valence-electron chi connectivity index (χ2n) is 4.15. The van der Waals surface area contributed by atoms with Crippen LogP contribution in [0.2, 0.25) is 0 Å². The Labute approximate surface area is 83.8 Å². The van der Waals surface area contributed by atoms with Crippen LogP contribution in [0.1, 0.15) is 38.5 Å². The van der Waals surface area contributed by atoms with Crippen LogP contribution in [0.15, 0.2) is 12.2 Å². The molecule has 0 bridgehead atoms. The van der Waals surface area contributed by atoms with E-state index in [1.807, 2.05) is 0 Å². The fraction of sp³-hybridized carbons (Fsp3) is 0.727. The molecule has 0 radical (unpaired) electrons. The lowest BCUT2D eigenvalue weighted by Crippen LogP contribution is -2.39. The molecule has 0 amide bonds. The van der Waals surface area contributed by atoms with Gasteiger partial charge in [0, 0.05) is 12.8 Å². The van der Waals surface area contributed by atoms with Crippen LogP contribution in [0, 0.1) is 0 Å². The lowest BCUT2D eigenvalue weighted by molar-refractivity contribution is -0.239. The number of carbonyl (C=O) groups excluding carboxylic acids is 1. The summed E-state index contributed by atoms with van der Waals surface area (Å²) in [7, 11) is 0. The molecule has 3 heteroatoms. The Morgan fingerprint density at radius 2 is 2.07 bits per heavy atom. The smallest absolute Gasteiger partial charge is 0.184 e. The predicted octanol–water partition coefficient (Wildman–Crippen LogP) is 1.55. The van der Waals surface area contributed by atoms with Gasteiger partial charge in [0.2, 0.25) is 0 Å². The largest absolute Gasteiger partial charge is 0.365 e. The average Bonchev–Trinajstić information content (AvgIpc) is 2.52. The average molecular weight is 196 g/mol. The van der Waals surface area contributed by atoms with Crippen LogP contribution in [-0.4, -0.2) is 22.8 Å².